The number of fused-ring (bicyclic) bond motifs is 6. The van der Waals surface area contributed by atoms with E-state index in [4.69, 9.17) is 18.7 Å². The van der Waals surface area contributed by atoms with Crippen molar-refractivity contribution in [3.8, 4) is 34.1 Å². The van der Waals surface area contributed by atoms with E-state index in [0.717, 1.165) is 22.3 Å². The Kier molecular flexibility index (Phi) is 8.38. The number of phosphoric acid groups is 1. The lowest BCUT2D eigenvalue weighted by atomic mass is 9.77. The lowest BCUT2D eigenvalue weighted by Crippen LogP contribution is -2.33. The smallest absolute Gasteiger partial charge is 0.489 e. The van der Waals surface area contributed by atoms with E-state index in [2.05, 4.69) is 11.4 Å². The second-order valence-corrected chi connectivity index (χ2v) is 14.1. The Balaban J connectivity index is 1.13. The highest BCUT2D eigenvalue weighted by Gasteiger charge is 2.54. The predicted molar refractivity (Wildman–Crippen MR) is 197 cm³/mol. The minimum atomic E-state index is -4.89. The first-order valence-corrected chi connectivity index (χ1v) is 18.3. The van der Waals surface area contributed by atoms with Crippen LogP contribution in [-0.2, 0) is 21.5 Å². The van der Waals surface area contributed by atoms with Crippen LogP contribution >= 0.6 is 7.82 Å². The van der Waals surface area contributed by atoms with Crippen molar-refractivity contribution in [2.45, 2.75) is 26.1 Å². The van der Waals surface area contributed by atoms with Crippen molar-refractivity contribution in [2.75, 3.05) is 5.32 Å². The molecule has 1 spiro atoms. The molecule has 1 amide bonds. The average molecular weight is 726 g/mol. The number of rotatable bonds is 8. The summed E-state index contributed by atoms with van der Waals surface area (Å²) >= 11 is 0. The molecule has 2 aliphatic heterocycles. The Morgan fingerprint density at radius 3 is 2.09 bits per heavy atom. The molecule has 3 N–H and O–H groups in total. The van der Waals surface area contributed by atoms with Gasteiger partial charge in [-0.3, -0.25) is 14.6 Å². The molecule has 264 valence electrons. The number of carbonyl (C=O) groups is 2. The molecule has 0 saturated carbocycles. The number of phosphoric ester groups is 1. The number of hydrogen-bond acceptors (Lipinski definition) is 7. The standard InChI is InChI=1S/C42H32NO9P/c1-25-8-9-27(20-26(25)2)24-49-32-15-18-36-38(22-32)50-39-23-33(52-53(46,47)48)16-19-37(39)42(36)35-17-14-31(21-34(35)41(45)51-42)43-40(44)30-12-10-29(11-13-30)28-6-4-3-5-7-28/h3-23H,24H2,1-2H3,(H,43,44)(H2,46,47,48). The van der Waals surface area contributed by atoms with Crippen LogP contribution in [0.5, 0.6) is 23.0 Å². The van der Waals surface area contributed by atoms with Crippen LogP contribution in [0.4, 0.5) is 5.69 Å². The van der Waals surface area contributed by atoms with E-state index < -0.39 is 19.4 Å². The summed E-state index contributed by atoms with van der Waals surface area (Å²) in [6.45, 7) is 4.38. The first kappa shape index (κ1) is 33.9. The second-order valence-electron chi connectivity index (χ2n) is 12.9. The van der Waals surface area contributed by atoms with Gasteiger partial charge in [0.2, 0.25) is 0 Å². The quantitative estimate of drug-likeness (QED) is 0.104. The summed E-state index contributed by atoms with van der Waals surface area (Å²) in [5.74, 6) is -0.169. The van der Waals surface area contributed by atoms with Gasteiger partial charge >= 0.3 is 13.8 Å². The molecule has 53 heavy (non-hydrogen) atoms. The molecule has 1 atom stereocenters. The largest absolute Gasteiger partial charge is 0.524 e. The number of aryl methyl sites for hydroxylation is 2. The number of carbonyl (C=O) groups excluding carboxylic acids is 2. The Hall–Kier alpha value is -6.19. The highest BCUT2D eigenvalue weighted by molar-refractivity contribution is 7.46. The zero-order valence-corrected chi connectivity index (χ0v) is 29.4. The van der Waals surface area contributed by atoms with Crippen molar-refractivity contribution < 1.29 is 42.7 Å². The van der Waals surface area contributed by atoms with Gasteiger partial charge in [-0.2, -0.15) is 0 Å². The molecular formula is C42H32NO9P. The summed E-state index contributed by atoms with van der Waals surface area (Å²) in [6.07, 6.45) is 0. The minimum absolute atomic E-state index is 0.141. The molecule has 6 aromatic carbocycles. The molecule has 0 radical (unpaired) electrons. The van der Waals surface area contributed by atoms with E-state index in [-0.39, 0.29) is 23.0 Å². The van der Waals surface area contributed by atoms with Gasteiger partial charge in [-0.15, -0.1) is 0 Å². The van der Waals surface area contributed by atoms with E-state index in [0.29, 0.717) is 46.0 Å². The summed E-state index contributed by atoms with van der Waals surface area (Å²) in [5.41, 5.74) is 6.30. The van der Waals surface area contributed by atoms with Gasteiger partial charge in [-0.05, 0) is 90.2 Å². The third kappa shape index (κ3) is 6.44. The Morgan fingerprint density at radius 1 is 0.736 bits per heavy atom. The molecule has 0 saturated heterocycles. The SMILES string of the molecule is Cc1ccc(COc2ccc3c(c2)Oc2cc(OP(=O)(O)O)ccc2C32OC(=O)c3cc(NC(=O)c4ccc(-c5ccccc5)cc4)ccc32)cc1C. The van der Waals surface area contributed by atoms with E-state index in [9.17, 15) is 23.9 Å². The van der Waals surface area contributed by atoms with Crippen LogP contribution in [0.3, 0.4) is 0 Å². The van der Waals surface area contributed by atoms with Gasteiger partial charge in [-0.25, -0.2) is 9.36 Å². The fraction of sp³-hybridized carbons (Fsp3) is 0.0952. The van der Waals surface area contributed by atoms with Gasteiger partial charge in [-0.1, -0.05) is 66.7 Å². The first-order chi connectivity index (χ1) is 25.5. The average Bonchev–Trinajstić information content (AvgIpc) is 3.43. The monoisotopic (exact) mass is 725 g/mol. The maximum atomic E-state index is 13.7. The molecule has 2 heterocycles. The molecule has 0 aromatic heterocycles. The molecule has 0 aliphatic carbocycles. The summed E-state index contributed by atoms with van der Waals surface area (Å²) in [6, 6.07) is 37.6. The summed E-state index contributed by atoms with van der Waals surface area (Å²) in [5, 5.41) is 2.89. The van der Waals surface area contributed by atoms with Crippen LogP contribution in [0.15, 0.2) is 127 Å². The summed E-state index contributed by atoms with van der Waals surface area (Å²) < 4.78 is 35.3. The van der Waals surface area contributed by atoms with Gasteiger partial charge in [0.15, 0.2) is 5.60 Å². The van der Waals surface area contributed by atoms with Crippen LogP contribution in [0, 0.1) is 13.8 Å². The molecule has 10 nitrogen and oxygen atoms in total. The van der Waals surface area contributed by atoms with Gasteiger partial charge in [0.1, 0.15) is 29.6 Å². The highest BCUT2D eigenvalue weighted by atomic mass is 31.2. The number of ether oxygens (including phenoxy) is 3. The van der Waals surface area contributed by atoms with Crippen molar-refractivity contribution in [1.82, 2.24) is 0 Å². The van der Waals surface area contributed by atoms with Gasteiger partial charge < -0.3 is 24.1 Å². The first-order valence-electron chi connectivity index (χ1n) is 16.7. The van der Waals surface area contributed by atoms with Crippen LogP contribution in [-0.4, -0.2) is 21.7 Å². The van der Waals surface area contributed by atoms with Crippen LogP contribution in [0.1, 0.15) is 54.1 Å². The van der Waals surface area contributed by atoms with Gasteiger partial charge in [0.25, 0.3) is 5.91 Å². The van der Waals surface area contributed by atoms with Gasteiger partial charge in [0, 0.05) is 40.1 Å². The van der Waals surface area contributed by atoms with Crippen LogP contribution < -0.4 is 19.3 Å². The molecule has 1 unspecified atom stereocenters. The molecule has 11 heteroatoms. The molecule has 0 fully saturated rings. The van der Waals surface area contributed by atoms with Crippen LogP contribution in [0.25, 0.3) is 11.1 Å². The zero-order chi connectivity index (χ0) is 36.9. The van der Waals surface area contributed by atoms with E-state index in [1.165, 1.54) is 17.7 Å². The maximum absolute atomic E-state index is 13.7. The lowest BCUT2D eigenvalue weighted by Gasteiger charge is -2.36. The summed E-state index contributed by atoms with van der Waals surface area (Å²) in [4.78, 5) is 46.0. The van der Waals surface area contributed by atoms with E-state index in [1.807, 2.05) is 68.4 Å². The van der Waals surface area contributed by atoms with E-state index in [1.54, 1.807) is 54.6 Å². The summed E-state index contributed by atoms with van der Waals surface area (Å²) in [7, 11) is -4.89. The lowest BCUT2D eigenvalue weighted by molar-refractivity contribution is 0.0224. The Bertz CT molecular complexity index is 2480. The number of benzene rings is 6. The fourth-order valence-corrected chi connectivity index (χ4v) is 7.15. The number of nitrogens with one attached hydrogen (secondary N) is 1. The molecule has 2 aliphatic rings. The van der Waals surface area contributed by atoms with Crippen molar-refractivity contribution >= 4 is 25.4 Å². The minimum Gasteiger partial charge on any atom is -0.489 e. The third-order valence-corrected chi connectivity index (χ3v) is 9.91. The Labute approximate surface area is 304 Å². The van der Waals surface area contributed by atoms with Gasteiger partial charge in [0.05, 0.1) is 5.56 Å². The van der Waals surface area contributed by atoms with Crippen molar-refractivity contribution in [2.24, 2.45) is 0 Å². The number of amides is 1. The fourth-order valence-electron chi connectivity index (χ4n) is 6.76. The molecule has 6 aromatic rings. The predicted octanol–water partition coefficient (Wildman–Crippen LogP) is 8.84. The molecule has 0 bridgehead atoms. The van der Waals surface area contributed by atoms with Crippen molar-refractivity contribution in [3.63, 3.8) is 0 Å². The zero-order valence-electron chi connectivity index (χ0n) is 28.5. The van der Waals surface area contributed by atoms with Crippen molar-refractivity contribution in [3.05, 3.63) is 172 Å². The van der Waals surface area contributed by atoms with Crippen LogP contribution in [0.2, 0.25) is 0 Å². The van der Waals surface area contributed by atoms with E-state index >= 15 is 0 Å². The maximum Gasteiger partial charge on any atom is 0.524 e. The second kappa shape index (κ2) is 13.1. The number of anilines is 1. The molecular weight excluding hydrogens is 693 g/mol. The Morgan fingerprint density at radius 2 is 1.40 bits per heavy atom. The number of esters is 1. The number of hydrogen-bond donors (Lipinski definition) is 3. The normalized spacial score (nSPS) is 15.4. The highest BCUT2D eigenvalue weighted by Crippen LogP contribution is 2.57. The van der Waals surface area contributed by atoms with Crippen molar-refractivity contribution in [1.29, 1.82) is 0 Å². The third-order valence-electron chi connectivity index (χ3n) is 9.46. The molecule has 8 rings (SSSR count). The topological polar surface area (TPSA) is 141 Å².